The van der Waals surface area contributed by atoms with Crippen LogP contribution in [-0.4, -0.2) is 28.3 Å². The standard InChI is InChI=1S/C11H13N5OS/c1-7-13-14-11(18-7)16(2)9-5-3-8(4-6-9)10(12)15-17/h3-6,17H,1-2H3,(H2,12,15). The predicted molar refractivity (Wildman–Crippen MR) is 71.7 cm³/mol. The number of nitrogens with zero attached hydrogens (tertiary/aromatic N) is 4. The summed E-state index contributed by atoms with van der Waals surface area (Å²) < 4.78 is 0. The topological polar surface area (TPSA) is 87.6 Å². The Balaban J connectivity index is 2.24. The van der Waals surface area contributed by atoms with E-state index in [4.69, 9.17) is 10.9 Å². The van der Waals surface area contributed by atoms with Crippen LogP contribution in [0.3, 0.4) is 0 Å². The highest BCUT2D eigenvalue weighted by atomic mass is 32.1. The third kappa shape index (κ3) is 2.40. The van der Waals surface area contributed by atoms with Crippen molar-refractivity contribution in [1.29, 1.82) is 0 Å². The Bertz CT molecular complexity index is 563. The first kappa shape index (κ1) is 12.3. The molecule has 0 fully saturated rings. The number of anilines is 2. The lowest BCUT2D eigenvalue weighted by molar-refractivity contribution is 0.318. The average molecular weight is 263 g/mol. The van der Waals surface area contributed by atoms with Crippen LogP contribution in [0.4, 0.5) is 10.8 Å². The van der Waals surface area contributed by atoms with E-state index in [0.29, 0.717) is 5.56 Å². The summed E-state index contributed by atoms with van der Waals surface area (Å²) >= 11 is 1.52. The zero-order valence-corrected chi connectivity index (χ0v) is 10.8. The maximum atomic E-state index is 8.58. The summed E-state index contributed by atoms with van der Waals surface area (Å²) in [6.45, 7) is 1.91. The van der Waals surface area contributed by atoms with Gasteiger partial charge in [-0.25, -0.2) is 0 Å². The predicted octanol–water partition coefficient (Wildman–Crippen LogP) is 1.71. The molecule has 1 aromatic heterocycles. The summed E-state index contributed by atoms with van der Waals surface area (Å²) in [4.78, 5) is 1.93. The summed E-state index contributed by atoms with van der Waals surface area (Å²) in [5.74, 6) is 0.0935. The van der Waals surface area contributed by atoms with Gasteiger partial charge in [-0.1, -0.05) is 16.5 Å². The van der Waals surface area contributed by atoms with Crippen LogP contribution in [0, 0.1) is 6.92 Å². The Labute approximate surface area is 108 Å². The Morgan fingerprint density at radius 2 is 2.00 bits per heavy atom. The zero-order chi connectivity index (χ0) is 13.1. The number of aromatic nitrogens is 2. The van der Waals surface area contributed by atoms with Crippen LogP contribution in [-0.2, 0) is 0 Å². The zero-order valence-electron chi connectivity index (χ0n) is 10.0. The van der Waals surface area contributed by atoms with Crippen LogP contribution in [0.15, 0.2) is 29.4 Å². The monoisotopic (exact) mass is 263 g/mol. The first-order valence-corrected chi connectivity index (χ1v) is 6.05. The molecule has 0 aliphatic heterocycles. The van der Waals surface area contributed by atoms with Gasteiger partial charge in [-0.15, -0.1) is 10.2 Å². The molecule has 0 bridgehead atoms. The van der Waals surface area contributed by atoms with Crippen molar-refractivity contribution in [3.8, 4) is 0 Å². The number of benzene rings is 1. The molecule has 0 unspecified atom stereocenters. The maximum Gasteiger partial charge on any atom is 0.212 e. The van der Waals surface area contributed by atoms with Crippen LogP contribution in [0.25, 0.3) is 0 Å². The number of amidine groups is 1. The van der Waals surface area contributed by atoms with E-state index in [1.54, 1.807) is 12.1 Å². The van der Waals surface area contributed by atoms with Gasteiger partial charge in [0.05, 0.1) is 0 Å². The molecule has 0 amide bonds. The lowest BCUT2D eigenvalue weighted by Crippen LogP contribution is -2.14. The van der Waals surface area contributed by atoms with Crippen molar-refractivity contribution in [2.75, 3.05) is 11.9 Å². The summed E-state index contributed by atoms with van der Waals surface area (Å²) in [6, 6.07) is 7.33. The van der Waals surface area contributed by atoms with Crippen LogP contribution in [0.1, 0.15) is 10.6 Å². The minimum Gasteiger partial charge on any atom is -0.409 e. The largest absolute Gasteiger partial charge is 0.409 e. The second kappa shape index (κ2) is 5.01. The van der Waals surface area contributed by atoms with Crippen LogP contribution in [0.5, 0.6) is 0 Å². The smallest absolute Gasteiger partial charge is 0.212 e. The quantitative estimate of drug-likeness (QED) is 0.381. The molecule has 6 nitrogen and oxygen atoms in total. The molecule has 0 spiro atoms. The van der Waals surface area contributed by atoms with E-state index >= 15 is 0 Å². The second-order valence-electron chi connectivity index (χ2n) is 3.69. The number of aryl methyl sites for hydroxylation is 1. The molecule has 1 aromatic carbocycles. The van der Waals surface area contributed by atoms with Gasteiger partial charge in [0.1, 0.15) is 5.01 Å². The normalized spacial score (nSPS) is 11.6. The van der Waals surface area contributed by atoms with Gasteiger partial charge in [0.2, 0.25) is 5.13 Å². The lowest BCUT2D eigenvalue weighted by atomic mass is 10.2. The van der Waals surface area contributed by atoms with E-state index in [2.05, 4.69) is 15.4 Å². The minimum absolute atomic E-state index is 0.0935. The van der Waals surface area contributed by atoms with Gasteiger partial charge < -0.3 is 15.8 Å². The molecule has 94 valence electrons. The first-order chi connectivity index (χ1) is 8.61. The fourth-order valence-electron chi connectivity index (χ4n) is 1.45. The van der Waals surface area contributed by atoms with E-state index in [1.807, 2.05) is 31.0 Å². The molecule has 0 aliphatic rings. The number of hydrogen-bond acceptors (Lipinski definition) is 6. The number of oxime groups is 1. The van der Waals surface area contributed by atoms with Crippen molar-refractivity contribution >= 4 is 28.0 Å². The van der Waals surface area contributed by atoms with E-state index in [-0.39, 0.29) is 5.84 Å². The Morgan fingerprint density at radius 3 is 2.50 bits per heavy atom. The van der Waals surface area contributed by atoms with Crippen molar-refractivity contribution in [2.45, 2.75) is 6.92 Å². The molecular weight excluding hydrogens is 250 g/mol. The van der Waals surface area contributed by atoms with E-state index < -0.39 is 0 Å². The molecular formula is C11H13N5OS. The van der Waals surface area contributed by atoms with Crippen molar-refractivity contribution < 1.29 is 5.21 Å². The molecule has 3 N–H and O–H groups in total. The Kier molecular flexibility index (Phi) is 3.42. The van der Waals surface area contributed by atoms with Gasteiger partial charge in [0.15, 0.2) is 5.84 Å². The molecule has 1 heterocycles. The third-order valence-corrected chi connectivity index (χ3v) is 3.38. The average Bonchev–Trinajstić information content (AvgIpc) is 2.84. The molecule has 0 atom stereocenters. The van der Waals surface area contributed by atoms with Gasteiger partial charge in [-0.2, -0.15) is 0 Å². The highest BCUT2D eigenvalue weighted by molar-refractivity contribution is 7.15. The third-order valence-electron chi connectivity index (χ3n) is 2.46. The van der Waals surface area contributed by atoms with Crippen molar-refractivity contribution in [2.24, 2.45) is 10.9 Å². The Hall–Kier alpha value is -2.15. The first-order valence-electron chi connectivity index (χ1n) is 5.23. The van der Waals surface area contributed by atoms with Crippen LogP contribution in [0.2, 0.25) is 0 Å². The molecule has 2 rings (SSSR count). The van der Waals surface area contributed by atoms with Gasteiger partial charge >= 0.3 is 0 Å². The fraction of sp³-hybridized carbons (Fsp3) is 0.182. The van der Waals surface area contributed by atoms with Crippen molar-refractivity contribution in [3.63, 3.8) is 0 Å². The maximum absolute atomic E-state index is 8.58. The van der Waals surface area contributed by atoms with E-state index in [0.717, 1.165) is 15.8 Å². The summed E-state index contributed by atoms with van der Waals surface area (Å²) in [5, 5.41) is 21.3. The van der Waals surface area contributed by atoms with Gasteiger partial charge in [-0.3, -0.25) is 0 Å². The number of rotatable bonds is 3. The van der Waals surface area contributed by atoms with Crippen molar-refractivity contribution in [1.82, 2.24) is 10.2 Å². The minimum atomic E-state index is 0.0935. The van der Waals surface area contributed by atoms with Crippen molar-refractivity contribution in [3.05, 3.63) is 34.8 Å². The molecule has 0 aliphatic carbocycles. The molecule has 0 saturated carbocycles. The lowest BCUT2D eigenvalue weighted by Gasteiger charge is -2.15. The second-order valence-corrected chi connectivity index (χ2v) is 4.85. The summed E-state index contributed by atoms with van der Waals surface area (Å²) in [5.41, 5.74) is 7.13. The highest BCUT2D eigenvalue weighted by Crippen LogP contribution is 2.26. The molecule has 0 radical (unpaired) electrons. The molecule has 7 heteroatoms. The van der Waals surface area contributed by atoms with E-state index in [1.165, 1.54) is 11.3 Å². The highest BCUT2D eigenvalue weighted by Gasteiger charge is 2.09. The SMILES string of the molecule is Cc1nnc(N(C)c2ccc(/C(N)=N/O)cc2)s1. The van der Waals surface area contributed by atoms with Gasteiger partial charge in [-0.05, 0) is 31.2 Å². The summed E-state index contributed by atoms with van der Waals surface area (Å²) in [7, 11) is 1.92. The summed E-state index contributed by atoms with van der Waals surface area (Å²) in [6.07, 6.45) is 0. The number of nitrogens with two attached hydrogens (primary N) is 1. The van der Waals surface area contributed by atoms with Gasteiger partial charge in [0.25, 0.3) is 0 Å². The van der Waals surface area contributed by atoms with E-state index in [9.17, 15) is 0 Å². The fourth-order valence-corrected chi connectivity index (χ4v) is 2.12. The molecule has 18 heavy (non-hydrogen) atoms. The Morgan fingerprint density at radius 1 is 1.33 bits per heavy atom. The molecule has 2 aromatic rings. The molecule has 0 saturated heterocycles. The van der Waals surface area contributed by atoms with Gasteiger partial charge in [0, 0.05) is 18.3 Å². The van der Waals surface area contributed by atoms with Crippen LogP contribution >= 0.6 is 11.3 Å². The number of hydrogen-bond donors (Lipinski definition) is 2. The van der Waals surface area contributed by atoms with Crippen LogP contribution < -0.4 is 10.6 Å².